The fourth-order valence-electron chi connectivity index (χ4n) is 6.56. The number of thioether (sulfide) groups is 1. The van der Waals surface area contributed by atoms with Crippen molar-refractivity contribution in [2.45, 2.75) is 50.2 Å². The molecule has 3 aromatic carbocycles. The molecule has 4 aromatic rings. The highest BCUT2D eigenvalue weighted by Gasteiger charge is 2.45. The summed E-state index contributed by atoms with van der Waals surface area (Å²) in [4.78, 5) is 16.2. The van der Waals surface area contributed by atoms with Crippen LogP contribution in [0, 0.1) is 0 Å². The second-order valence-electron chi connectivity index (χ2n) is 12.9. The maximum absolute atomic E-state index is 6.60. The number of piperazine rings is 1. The largest absolute Gasteiger partial charge is 0.491 e. The van der Waals surface area contributed by atoms with Crippen molar-refractivity contribution in [2.24, 2.45) is 4.99 Å². The number of benzene rings is 3. The maximum atomic E-state index is 6.60. The molecule has 1 aromatic heterocycles. The van der Waals surface area contributed by atoms with Gasteiger partial charge in [-0.3, -0.25) is 0 Å². The summed E-state index contributed by atoms with van der Waals surface area (Å²) in [6, 6.07) is 22.6. The molecule has 4 heterocycles. The Hall–Kier alpha value is -3.52. The molecule has 51 heavy (non-hydrogen) atoms. The third-order valence-corrected chi connectivity index (χ3v) is 11.3. The molecule has 0 amide bonds. The monoisotopic (exact) mass is 751 g/mol. The highest BCUT2D eigenvalue weighted by atomic mass is 35.5. The lowest BCUT2D eigenvalue weighted by molar-refractivity contribution is -0.190. The molecule has 0 radical (unpaired) electrons. The summed E-state index contributed by atoms with van der Waals surface area (Å²) in [6.45, 7) is 9.98. The fraction of sp³-hybridized carbons (Fsp3) is 0.432. The first-order valence-corrected chi connectivity index (χ1v) is 18.9. The molecule has 4 unspecified atom stereocenters. The van der Waals surface area contributed by atoms with Crippen molar-refractivity contribution in [1.29, 1.82) is 0 Å². The maximum Gasteiger partial charge on any atom is 0.217 e. The van der Waals surface area contributed by atoms with E-state index < -0.39 is 5.79 Å². The number of hydrogen-bond acceptors (Lipinski definition) is 10. The van der Waals surface area contributed by atoms with Gasteiger partial charge in [0.2, 0.25) is 5.79 Å². The average molecular weight is 753 g/mol. The molecule has 0 spiro atoms. The highest BCUT2D eigenvalue weighted by Crippen LogP contribution is 2.40. The van der Waals surface area contributed by atoms with Crippen LogP contribution in [0.1, 0.15) is 25.8 Å². The Balaban J connectivity index is 0.912. The molecular weight excluding hydrogens is 709 g/mol. The summed E-state index contributed by atoms with van der Waals surface area (Å²) in [7, 11) is 1.77. The molecule has 0 bridgehead atoms. The molecule has 7 rings (SSSR count). The summed E-state index contributed by atoms with van der Waals surface area (Å²) in [5.41, 5.74) is 4.16. The predicted octanol–water partition coefficient (Wildman–Crippen LogP) is 7.07. The second-order valence-corrected chi connectivity index (χ2v) is 14.9. The van der Waals surface area contributed by atoms with Gasteiger partial charge in [0.1, 0.15) is 43.1 Å². The van der Waals surface area contributed by atoms with Gasteiger partial charge in [-0.1, -0.05) is 48.0 Å². The summed E-state index contributed by atoms with van der Waals surface area (Å²) >= 11 is 14.5. The number of methoxy groups -OCH3 is 1. The molecule has 3 saturated heterocycles. The van der Waals surface area contributed by atoms with Gasteiger partial charge in [-0.2, -0.15) is 5.10 Å². The van der Waals surface area contributed by atoms with Crippen molar-refractivity contribution in [3.8, 4) is 5.75 Å². The minimum Gasteiger partial charge on any atom is -0.491 e. The molecule has 14 heteroatoms. The molecule has 0 N–H and O–H groups in total. The first kappa shape index (κ1) is 35.9. The first-order chi connectivity index (χ1) is 24.8. The molecule has 0 aliphatic carbocycles. The SMILES string of the molecule is CCC(C)N1CC(OC)S/C1=N\c1ccc(N2CCN(c3ccc(OCC4COC(Cn5cncn5)(c5ccc(Cl)cc5Cl)O4)cc3)CC2)cc1. The quantitative estimate of drug-likeness (QED) is 0.150. The van der Waals surface area contributed by atoms with E-state index in [0.717, 1.165) is 55.7 Å². The second kappa shape index (κ2) is 16.0. The topological polar surface area (TPSA) is 89.7 Å². The summed E-state index contributed by atoms with van der Waals surface area (Å²) in [6.07, 6.45) is 3.84. The average Bonchev–Trinajstić information content (AvgIpc) is 3.92. The molecule has 3 fully saturated rings. The number of aromatic nitrogens is 3. The Morgan fingerprint density at radius 1 is 1.00 bits per heavy atom. The van der Waals surface area contributed by atoms with Gasteiger partial charge in [-0.05, 0) is 74.0 Å². The van der Waals surface area contributed by atoms with Crippen LogP contribution in [0.5, 0.6) is 5.75 Å². The smallest absolute Gasteiger partial charge is 0.217 e. The van der Waals surface area contributed by atoms with Crippen molar-refractivity contribution in [2.75, 3.05) is 62.8 Å². The molecule has 4 atom stereocenters. The van der Waals surface area contributed by atoms with Crippen molar-refractivity contribution in [3.05, 3.63) is 95.0 Å². The number of nitrogens with zero attached hydrogens (tertiary/aromatic N) is 7. The van der Waals surface area contributed by atoms with Gasteiger partial charge in [-0.25, -0.2) is 14.7 Å². The number of amidine groups is 1. The van der Waals surface area contributed by atoms with Gasteiger partial charge in [0.25, 0.3) is 0 Å². The van der Waals surface area contributed by atoms with E-state index in [4.69, 9.17) is 47.1 Å². The molecular formula is C37H43Cl2N7O4S. The number of hydrogen-bond donors (Lipinski definition) is 0. The van der Waals surface area contributed by atoms with Crippen LogP contribution in [0.4, 0.5) is 17.1 Å². The zero-order valence-electron chi connectivity index (χ0n) is 29.0. The lowest BCUT2D eigenvalue weighted by atomic mass is 10.1. The van der Waals surface area contributed by atoms with E-state index in [1.54, 1.807) is 42.0 Å². The van der Waals surface area contributed by atoms with Gasteiger partial charge in [0.15, 0.2) is 5.17 Å². The Morgan fingerprint density at radius 2 is 1.71 bits per heavy atom. The van der Waals surface area contributed by atoms with E-state index in [0.29, 0.717) is 34.9 Å². The third-order valence-electron chi connectivity index (χ3n) is 9.61. The van der Waals surface area contributed by atoms with E-state index in [1.165, 1.54) is 17.7 Å². The van der Waals surface area contributed by atoms with E-state index in [2.05, 4.69) is 75.0 Å². The number of rotatable bonds is 12. The lowest BCUT2D eigenvalue weighted by Crippen LogP contribution is -2.46. The van der Waals surface area contributed by atoms with Crippen LogP contribution in [0.15, 0.2) is 84.4 Å². The molecule has 270 valence electrons. The molecule has 3 aliphatic rings. The first-order valence-electron chi connectivity index (χ1n) is 17.3. The summed E-state index contributed by atoms with van der Waals surface area (Å²) in [5, 5.41) is 6.27. The van der Waals surface area contributed by atoms with Gasteiger partial charge >= 0.3 is 0 Å². The van der Waals surface area contributed by atoms with Crippen LogP contribution < -0.4 is 14.5 Å². The van der Waals surface area contributed by atoms with Crippen LogP contribution in [0.2, 0.25) is 10.0 Å². The van der Waals surface area contributed by atoms with Crippen LogP contribution in [0.25, 0.3) is 0 Å². The van der Waals surface area contributed by atoms with E-state index in [9.17, 15) is 0 Å². The molecule has 3 aliphatic heterocycles. The van der Waals surface area contributed by atoms with Crippen molar-refractivity contribution < 1.29 is 18.9 Å². The fourth-order valence-corrected chi connectivity index (χ4v) is 8.23. The zero-order valence-corrected chi connectivity index (χ0v) is 31.4. The number of halogens is 2. The van der Waals surface area contributed by atoms with Gasteiger partial charge in [0, 0.05) is 61.3 Å². The van der Waals surface area contributed by atoms with Crippen LogP contribution in [-0.2, 0) is 26.5 Å². The van der Waals surface area contributed by atoms with Gasteiger partial charge < -0.3 is 33.6 Å². The Bertz CT molecular complexity index is 1770. The van der Waals surface area contributed by atoms with Crippen molar-refractivity contribution >= 4 is 57.2 Å². The minimum atomic E-state index is -1.15. The Kier molecular flexibility index (Phi) is 11.3. The number of aliphatic imine (C=N–C) groups is 1. The molecule has 0 saturated carbocycles. The van der Waals surface area contributed by atoms with Crippen LogP contribution >= 0.6 is 35.0 Å². The van der Waals surface area contributed by atoms with E-state index in [-0.39, 0.29) is 18.1 Å². The standard InChI is InChI=1S/C37H43Cl2N7O4S/c1-4-26(2)46-20-35(47-3)51-36(46)42-28-6-8-29(9-7-28)43-15-17-44(18-16-43)30-10-12-31(13-11-30)48-21-32-22-49-37(50-32,23-45-25-40-24-41-45)33-14-5-27(38)19-34(33)39/h5-14,19,24-26,32,35H,4,15-18,20-23H2,1-3H3/b42-36-. The van der Waals surface area contributed by atoms with Crippen LogP contribution in [-0.4, -0.2) is 95.5 Å². The summed E-state index contributed by atoms with van der Waals surface area (Å²) < 4.78 is 26.2. The highest BCUT2D eigenvalue weighted by molar-refractivity contribution is 8.14. The predicted molar refractivity (Wildman–Crippen MR) is 204 cm³/mol. The normalized spacial score (nSPS) is 23.7. The Labute approximate surface area is 313 Å². The van der Waals surface area contributed by atoms with Crippen LogP contribution in [0.3, 0.4) is 0 Å². The zero-order chi connectivity index (χ0) is 35.4. The van der Waals surface area contributed by atoms with E-state index >= 15 is 0 Å². The summed E-state index contributed by atoms with van der Waals surface area (Å²) in [5.74, 6) is -0.381. The molecule has 11 nitrogen and oxygen atoms in total. The van der Waals surface area contributed by atoms with Gasteiger partial charge in [-0.15, -0.1) is 0 Å². The minimum absolute atomic E-state index is 0.124. The number of ether oxygens (including phenoxy) is 4. The number of anilines is 2. The van der Waals surface area contributed by atoms with Crippen molar-refractivity contribution in [1.82, 2.24) is 19.7 Å². The third kappa shape index (κ3) is 8.27. The van der Waals surface area contributed by atoms with Crippen molar-refractivity contribution in [3.63, 3.8) is 0 Å². The lowest BCUT2D eigenvalue weighted by Gasteiger charge is -2.37. The van der Waals surface area contributed by atoms with E-state index in [1.807, 2.05) is 18.2 Å². The van der Waals surface area contributed by atoms with Gasteiger partial charge in [0.05, 0.1) is 23.9 Å². The Morgan fingerprint density at radius 3 is 2.33 bits per heavy atom.